The van der Waals surface area contributed by atoms with Crippen molar-refractivity contribution in [3.63, 3.8) is 0 Å². The highest BCUT2D eigenvalue weighted by Crippen LogP contribution is 2.23. The maximum atomic E-state index is 12.3. The molecule has 1 amide bonds. The quantitative estimate of drug-likeness (QED) is 0.891. The number of hydrogen-bond donors (Lipinski definition) is 1. The summed E-state index contributed by atoms with van der Waals surface area (Å²) in [7, 11) is 0. The molecule has 0 bridgehead atoms. The predicted octanol–water partition coefficient (Wildman–Crippen LogP) is 2.24. The Labute approximate surface area is 108 Å². The molecule has 1 saturated heterocycles. The van der Waals surface area contributed by atoms with Gasteiger partial charge in [-0.3, -0.25) is 4.79 Å². The molecule has 98 valence electrons. The van der Waals surface area contributed by atoms with Gasteiger partial charge in [-0.05, 0) is 30.9 Å². The third kappa shape index (κ3) is 2.63. The van der Waals surface area contributed by atoms with Gasteiger partial charge in [-0.25, -0.2) is 4.98 Å². The number of nitrogens with zero attached hydrogens (tertiary/aromatic N) is 2. The van der Waals surface area contributed by atoms with Gasteiger partial charge in [0.05, 0.1) is 0 Å². The van der Waals surface area contributed by atoms with Crippen LogP contribution in [-0.2, 0) is 0 Å². The second-order valence-corrected chi connectivity index (χ2v) is 5.10. The Morgan fingerprint density at radius 3 is 2.67 bits per heavy atom. The summed E-state index contributed by atoms with van der Waals surface area (Å²) in [5.41, 5.74) is 0.537. The summed E-state index contributed by atoms with van der Waals surface area (Å²) in [5, 5.41) is 3.13. The number of rotatable bonds is 3. The van der Waals surface area contributed by atoms with Gasteiger partial charge in [0.25, 0.3) is 5.91 Å². The lowest BCUT2D eigenvalue weighted by atomic mass is 10.0. The molecular weight excluding hydrogens is 226 g/mol. The molecule has 4 heteroatoms. The lowest BCUT2D eigenvalue weighted by Gasteiger charge is -2.15. The van der Waals surface area contributed by atoms with E-state index in [2.05, 4.69) is 24.1 Å². The van der Waals surface area contributed by atoms with Gasteiger partial charge >= 0.3 is 0 Å². The van der Waals surface area contributed by atoms with Crippen molar-refractivity contribution in [1.82, 2.24) is 9.88 Å². The first-order valence-electron chi connectivity index (χ1n) is 6.62. The third-order valence-electron chi connectivity index (χ3n) is 3.60. The number of anilines is 1. The summed E-state index contributed by atoms with van der Waals surface area (Å²) in [6.07, 6.45) is 0. The van der Waals surface area contributed by atoms with Crippen LogP contribution in [0.15, 0.2) is 18.2 Å². The average molecular weight is 247 g/mol. The van der Waals surface area contributed by atoms with E-state index >= 15 is 0 Å². The first-order chi connectivity index (χ1) is 8.61. The molecule has 2 heterocycles. The number of amides is 1. The van der Waals surface area contributed by atoms with Crippen LogP contribution >= 0.6 is 0 Å². The van der Waals surface area contributed by atoms with Crippen LogP contribution in [0.3, 0.4) is 0 Å². The minimum Gasteiger partial charge on any atom is -0.370 e. The van der Waals surface area contributed by atoms with Crippen molar-refractivity contribution < 1.29 is 4.79 Å². The third-order valence-corrected chi connectivity index (χ3v) is 3.60. The second kappa shape index (κ2) is 5.38. The molecule has 0 aromatic carbocycles. The van der Waals surface area contributed by atoms with Gasteiger partial charge in [0.2, 0.25) is 0 Å². The van der Waals surface area contributed by atoms with Gasteiger partial charge < -0.3 is 10.2 Å². The normalized spacial score (nSPS) is 23.2. The largest absolute Gasteiger partial charge is 0.370 e. The molecule has 0 radical (unpaired) electrons. The van der Waals surface area contributed by atoms with E-state index in [9.17, 15) is 4.79 Å². The Balaban J connectivity index is 2.11. The molecule has 1 aromatic rings. The van der Waals surface area contributed by atoms with Crippen LogP contribution < -0.4 is 5.32 Å². The van der Waals surface area contributed by atoms with Crippen LogP contribution in [0.5, 0.6) is 0 Å². The fourth-order valence-electron chi connectivity index (χ4n) is 2.29. The van der Waals surface area contributed by atoms with Crippen molar-refractivity contribution >= 4 is 11.7 Å². The Kier molecular flexibility index (Phi) is 3.84. The van der Waals surface area contributed by atoms with Crippen molar-refractivity contribution in [2.24, 2.45) is 11.8 Å². The first-order valence-corrected chi connectivity index (χ1v) is 6.62. The van der Waals surface area contributed by atoms with Crippen LogP contribution in [0.25, 0.3) is 0 Å². The minimum atomic E-state index is 0.0472. The minimum absolute atomic E-state index is 0.0472. The molecule has 0 aliphatic carbocycles. The van der Waals surface area contributed by atoms with E-state index in [0.29, 0.717) is 17.5 Å². The molecule has 2 unspecified atom stereocenters. The Hall–Kier alpha value is -1.58. The van der Waals surface area contributed by atoms with Gasteiger partial charge in [-0.2, -0.15) is 0 Å². The van der Waals surface area contributed by atoms with Gasteiger partial charge in [-0.15, -0.1) is 0 Å². The number of carbonyl (C=O) groups excluding carboxylic acids is 1. The average Bonchev–Trinajstić information content (AvgIpc) is 2.69. The zero-order valence-corrected chi connectivity index (χ0v) is 11.3. The second-order valence-electron chi connectivity index (χ2n) is 5.10. The maximum absolute atomic E-state index is 12.3. The summed E-state index contributed by atoms with van der Waals surface area (Å²) in [5.74, 6) is 1.96. The SMILES string of the molecule is CCNc1cccc(C(=O)N2CC(C)C(C)C2)n1. The first kappa shape index (κ1) is 12.9. The van der Waals surface area contributed by atoms with Crippen LogP contribution in [-0.4, -0.2) is 35.4 Å². The summed E-state index contributed by atoms with van der Waals surface area (Å²) in [6.45, 7) is 8.89. The molecule has 1 aliphatic rings. The molecule has 4 nitrogen and oxygen atoms in total. The van der Waals surface area contributed by atoms with Crippen molar-refractivity contribution in [2.75, 3.05) is 25.0 Å². The summed E-state index contributed by atoms with van der Waals surface area (Å²) >= 11 is 0. The van der Waals surface area contributed by atoms with Crippen molar-refractivity contribution in [3.05, 3.63) is 23.9 Å². The Morgan fingerprint density at radius 2 is 2.06 bits per heavy atom. The monoisotopic (exact) mass is 247 g/mol. The molecule has 1 fully saturated rings. The highest BCUT2D eigenvalue weighted by atomic mass is 16.2. The standard InChI is InChI=1S/C14H21N3O/c1-4-15-13-7-5-6-12(16-13)14(18)17-8-10(2)11(3)9-17/h5-7,10-11H,4,8-9H2,1-3H3,(H,15,16). The zero-order valence-electron chi connectivity index (χ0n) is 11.3. The molecule has 18 heavy (non-hydrogen) atoms. The number of hydrogen-bond acceptors (Lipinski definition) is 3. The summed E-state index contributed by atoms with van der Waals surface area (Å²) < 4.78 is 0. The molecule has 1 aliphatic heterocycles. The van der Waals surface area contributed by atoms with E-state index in [0.717, 1.165) is 25.5 Å². The molecular formula is C14H21N3O. The Morgan fingerprint density at radius 1 is 1.39 bits per heavy atom. The maximum Gasteiger partial charge on any atom is 0.272 e. The van der Waals surface area contributed by atoms with Crippen molar-refractivity contribution in [1.29, 1.82) is 0 Å². The topological polar surface area (TPSA) is 45.2 Å². The van der Waals surface area contributed by atoms with Gasteiger partial charge in [0, 0.05) is 19.6 Å². The molecule has 0 spiro atoms. The van der Waals surface area contributed by atoms with E-state index in [-0.39, 0.29) is 5.91 Å². The van der Waals surface area contributed by atoms with E-state index in [1.165, 1.54) is 0 Å². The van der Waals surface area contributed by atoms with Crippen LogP contribution in [0.4, 0.5) is 5.82 Å². The van der Waals surface area contributed by atoms with Crippen LogP contribution in [0.2, 0.25) is 0 Å². The molecule has 1 aromatic heterocycles. The van der Waals surface area contributed by atoms with Crippen molar-refractivity contribution in [3.8, 4) is 0 Å². The van der Waals surface area contributed by atoms with Crippen molar-refractivity contribution in [2.45, 2.75) is 20.8 Å². The highest BCUT2D eigenvalue weighted by molar-refractivity contribution is 5.92. The Bertz CT molecular complexity index is 423. The smallest absolute Gasteiger partial charge is 0.272 e. The number of carbonyl (C=O) groups is 1. The lowest BCUT2D eigenvalue weighted by molar-refractivity contribution is 0.0779. The molecule has 2 rings (SSSR count). The fourth-order valence-corrected chi connectivity index (χ4v) is 2.29. The number of nitrogens with one attached hydrogen (secondary N) is 1. The predicted molar refractivity (Wildman–Crippen MR) is 72.6 cm³/mol. The van der Waals surface area contributed by atoms with E-state index < -0.39 is 0 Å². The fraction of sp³-hybridized carbons (Fsp3) is 0.571. The van der Waals surface area contributed by atoms with Crippen LogP contribution in [0.1, 0.15) is 31.3 Å². The lowest BCUT2D eigenvalue weighted by Crippen LogP contribution is -2.29. The van der Waals surface area contributed by atoms with Gasteiger partial charge in [-0.1, -0.05) is 19.9 Å². The van der Waals surface area contributed by atoms with Crippen LogP contribution in [0, 0.1) is 11.8 Å². The van der Waals surface area contributed by atoms with E-state index in [1.54, 1.807) is 6.07 Å². The van der Waals surface area contributed by atoms with E-state index in [4.69, 9.17) is 0 Å². The van der Waals surface area contributed by atoms with Gasteiger partial charge in [0.1, 0.15) is 11.5 Å². The molecule has 0 saturated carbocycles. The zero-order chi connectivity index (χ0) is 13.1. The molecule has 2 atom stereocenters. The number of likely N-dealkylation sites (tertiary alicyclic amines) is 1. The molecule has 1 N–H and O–H groups in total. The van der Waals surface area contributed by atoms with E-state index in [1.807, 2.05) is 24.0 Å². The summed E-state index contributed by atoms with van der Waals surface area (Å²) in [4.78, 5) is 18.6. The highest BCUT2D eigenvalue weighted by Gasteiger charge is 2.30. The number of aromatic nitrogens is 1. The van der Waals surface area contributed by atoms with Gasteiger partial charge in [0.15, 0.2) is 0 Å². The summed E-state index contributed by atoms with van der Waals surface area (Å²) in [6, 6.07) is 5.55. The number of pyridine rings is 1.